The highest BCUT2D eigenvalue weighted by molar-refractivity contribution is 6.24. The van der Waals surface area contributed by atoms with Gasteiger partial charge < -0.3 is 4.57 Å². The molecule has 0 spiro atoms. The first-order chi connectivity index (χ1) is 19.8. The summed E-state index contributed by atoms with van der Waals surface area (Å²) in [5.74, 6) is 0.684. The van der Waals surface area contributed by atoms with E-state index in [0.717, 1.165) is 27.6 Å². The van der Waals surface area contributed by atoms with Gasteiger partial charge in [0.1, 0.15) is 0 Å². The van der Waals surface area contributed by atoms with E-state index in [1.54, 1.807) is 0 Å². The Morgan fingerprint density at radius 3 is 2.05 bits per heavy atom. The normalized spacial score (nSPS) is 12.0. The van der Waals surface area contributed by atoms with Crippen molar-refractivity contribution in [1.82, 2.24) is 19.1 Å². The Morgan fingerprint density at radius 1 is 0.450 bits per heavy atom. The zero-order valence-electron chi connectivity index (χ0n) is 21.5. The van der Waals surface area contributed by atoms with E-state index in [1.165, 1.54) is 43.4 Å². The third kappa shape index (κ3) is 2.90. The van der Waals surface area contributed by atoms with Crippen LogP contribution in [0.15, 0.2) is 134 Å². The molecular formula is C36H22N4. The zero-order valence-corrected chi connectivity index (χ0v) is 21.5. The van der Waals surface area contributed by atoms with Crippen LogP contribution < -0.4 is 0 Å². The molecule has 0 aliphatic rings. The van der Waals surface area contributed by atoms with Crippen molar-refractivity contribution in [2.24, 2.45) is 0 Å². The molecule has 0 N–H and O–H groups in total. The Balaban J connectivity index is 1.44. The maximum Gasteiger partial charge on any atom is 0.235 e. The minimum atomic E-state index is 0.684. The van der Waals surface area contributed by atoms with E-state index in [0.29, 0.717) is 5.95 Å². The highest BCUT2D eigenvalue weighted by Gasteiger charge is 2.19. The first-order valence-electron chi connectivity index (χ1n) is 13.5. The number of hydrogen-bond donors (Lipinski definition) is 0. The van der Waals surface area contributed by atoms with Crippen molar-refractivity contribution >= 4 is 65.3 Å². The Labute approximate surface area is 229 Å². The van der Waals surface area contributed by atoms with Crippen LogP contribution >= 0.6 is 0 Å². The van der Waals surface area contributed by atoms with Crippen molar-refractivity contribution in [3.8, 4) is 11.6 Å². The second-order valence-corrected chi connectivity index (χ2v) is 10.3. The summed E-state index contributed by atoms with van der Waals surface area (Å²) in [5, 5.41) is 8.41. The zero-order chi connectivity index (χ0) is 26.2. The van der Waals surface area contributed by atoms with Crippen LogP contribution in [0.2, 0.25) is 0 Å². The molecule has 0 atom stereocenters. The van der Waals surface area contributed by atoms with Gasteiger partial charge in [0.25, 0.3) is 0 Å². The molecule has 0 unspecified atom stereocenters. The summed E-state index contributed by atoms with van der Waals surface area (Å²) in [6.07, 6.45) is 1.92. The molecule has 40 heavy (non-hydrogen) atoms. The Morgan fingerprint density at radius 2 is 1.18 bits per heavy atom. The maximum atomic E-state index is 4.98. The van der Waals surface area contributed by atoms with Crippen LogP contribution in [-0.4, -0.2) is 19.1 Å². The third-order valence-corrected chi connectivity index (χ3v) is 8.14. The molecular weight excluding hydrogens is 488 g/mol. The Bertz CT molecular complexity index is 2430. The molecule has 0 aliphatic heterocycles. The van der Waals surface area contributed by atoms with Crippen LogP contribution in [-0.2, 0) is 0 Å². The second kappa shape index (κ2) is 8.01. The molecule has 0 fully saturated rings. The quantitative estimate of drug-likeness (QED) is 0.233. The molecule has 4 nitrogen and oxygen atoms in total. The molecule has 0 saturated heterocycles. The second-order valence-electron chi connectivity index (χ2n) is 10.3. The fourth-order valence-electron chi connectivity index (χ4n) is 6.40. The van der Waals surface area contributed by atoms with Gasteiger partial charge in [0.15, 0.2) is 0 Å². The molecule has 3 heterocycles. The average Bonchev–Trinajstić information content (AvgIpc) is 3.53. The number of nitrogens with zero attached hydrogens (tertiary/aromatic N) is 4. The van der Waals surface area contributed by atoms with Gasteiger partial charge in [-0.25, -0.2) is 9.97 Å². The van der Waals surface area contributed by atoms with E-state index >= 15 is 0 Å². The number of hydrogen-bond acceptors (Lipinski definition) is 2. The number of benzene rings is 6. The van der Waals surface area contributed by atoms with Crippen LogP contribution in [0.4, 0.5) is 0 Å². The van der Waals surface area contributed by atoms with Gasteiger partial charge in [0.05, 0.1) is 27.6 Å². The summed E-state index contributed by atoms with van der Waals surface area (Å²) in [4.78, 5) is 9.79. The predicted molar refractivity (Wildman–Crippen MR) is 166 cm³/mol. The molecule has 9 aromatic rings. The fraction of sp³-hybridized carbons (Fsp3) is 0. The minimum absolute atomic E-state index is 0.684. The van der Waals surface area contributed by atoms with Gasteiger partial charge in [0.2, 0.25) is 5.95 Å². The summed E-state index contributed by atoms with van der Waals surface area (Å²) in [7, 11) is 0. The Hall–Kier alpha value is -5.48. The summed E-state index contributed by atoms with van der Waals surface area (Å²) < 4.78 is 4.59. The third-order valence-electron chi connectivity index (χ3n) is 8.14. The molecule has 4 heteroatoms. The number of fused-ring (bicyclic) bond motifs is 9. The SMILES string of the molecule is c1ccc(-n2c3ccccc3c3cc4ccc5c(c4cc32)c2ccccc2n5-c2ncc3ccccc3n2)cc1. The number of aromatic nitrogens is 4. The molecule has 9 rings (SSSR count). The highest BCUT2D eigenvalue weighted by atomic mass is 15.2. The van der Waals surface area contributed by atoms with Gasteiger partial charge in [-0.05, 0) is 59.3 Å². The lowest BCUT2D eigenvalue weighted by Gasteiger charge is -2.09. The van der Waals surface area contributed by atoms with Gasteiger partial charge in [-0.2, -0.15) is 0 Å². The predicted octanol–water partition coefficient (Wildman–Crippen LogP) is 8.98. The molecule has 3 aromatic heterocycles. The Kier molecular flexibility index (Phi) is 4.30. The van der Waals surface area contributed by atoms with E-state index in [9.17, 15) is 0 Å². The van der Waals surface area contributed by atoms with E-state index in [-0.39, 0.29) is 0 Å². The van der Waals surface area contributed by atoms with E-state index < -0.39 is 0 Å². The van der Waals surface area contributed by atoms with Crippen molar-refractivity contribution in [2.45, 2.75) is 0 Å². The standard InChI is InChI=1S/C36H22N4/c1-2-11-25(12-3-1)39-31-16-8-5-13-26(31)29-20-23-18-19-33-35(28(23)21-34(29)39)27-14-6-9-17-32(27)40(33)36-37-22-24-10-4-7-15-30(24)38-36/h1-22H. The average molecular weight is 511 g/mol. The molecule has 0 saturated carbocycles. The molecule has 0 bridgehead atoms. The van der Waals surface area contributed by atoms with Gasteiger partial charge in [-0.15, -0.1) is 0 Å². The summed E-state index contributed by atoms with van der Waals surface area (Å²) in [6.45, 7) is 0. The van der Waals surface area contributed by atoms with E-state index in [1.807, 2.05) is 24.4 Å². The molecule has 0 amide bonds. The van der Waals surface area contributed by atoms with Gasteiger partial charge in [-0.1, -0.05) is 78.9 Å². The van der Waals surface area contributed by atoms with E-state index in [2.05, 4.69) is 118 Å². The lowest BCUT2D eigenvalue weighted by Crippen LogP contribution is -2.00. The molecule has 6 aromatic carbocycles. The van der Waals surface area contributed by atoms with Crippen LogP contribution in [0.3, 0.4) is 0 Å². The first kappa shape index (κ1) is 21.5. The monoisotopic (exact) mass is 510 g/mol. The first-order valence-corrected chi connectivity index (χ1v) is 13.5. The molecule has 0 aliphatic carbocycles. The van der Waals surface area contributed by atoms with Crippen LogP contribution in [0, 0.1) is 0 Å². The van der Waals surface area contributed by atoms with Crippen LogP contribution in [0.5, 0.6) is 0 Å². The van der Waals surface area contributed by atoms with Gasteiger partial charge in [0, 0.05) is 38.8 Å². The topological polar surface area (TPSA) is 35.6 Å². The van der Waals surface area contributed by atoms with Crippen molar-refractivity contribution in [3.63, 3.8) is 0 Å². The van der Waals surface area contributed by atoms with Crippen molar-refractivity contribution in [2.75, 3.05) is 0 Å². The van der Waals surface area contributed by atoms with E-state index in [4.69, 9.17) is 9.97 Å². The van der Waals surface area contributed by atoms with Crippen LogP contribution in [0.25, 0.3) is 76.9 Å². The molecule has 186 valence electrons. The lowest BCUT2D eigenvalue weighted by molar-refractivity contribution is 1.01. The maximum absolute atomic E-state index is 4.98. The number of rotatable bonds is 2. The van der Waals surface area contributed by atoms with Crippen LogP contribution in [0.1, 0.15) is 0 Å². The van der Waals surface area contributed by atoms with Gasteiger partial charge in [-0.3, -0.25) is 4.57 Å². The van der Waals surface area contributed by atoms with Crippen molar-refractivity contribution in [1.29, 1.82) is 0 Å². The smallest absolute Gasteiger partial charge is 0.235 e. The largest absolute Gasteiger partial charge is 0.309 e. The lowest BCUT2D eigenvalue weighted by atomic mass is 10.0. The van der Waals surface area contributed by atoms with Crippen molar-refractivity contribution in [3.05, 3.63) is 134 Å². The fourth-order valence-corrected chi connectivity index (χ4v) is 6.40. The number of para-hydroxylation sites is 4. The summed E-state index contributed by atoms with van der Waals surface area (Å²) in [6, 6.07) is 45.2. The van der Waals surface area contributed by atoms with Gasteiger partial charge >= 0.3 is 0 Å². The van der Waals surface area contributed by atoms with Crippen molar-refractivity contribution < 1.29 is 0 Å². The molecule has 0 radical (unpaired) electrons. The highest BCUT2D eigenvalue weighted by Crippen LogP contribution is 2.40. The summed E-state index contributed by atoms with van der Waals surface area (Å²) in [5.41, 5.74) is 6.71. The summed E-state index contributed by atoms with van der Waals surface area (Å²) >= 11 is 0. The minimum Gasteiger partial charge on any atom is -0.309 e.